The molecule has 0 saturated heterocycles. The van der Waals surface area contributed by atoms with Gasteiger partial charge in [0.2, 0.25) is 5.88 Å². The lowest BCUT2D eigenvalue weighted by Crippen LogP contribution is -1.99. The van der Waals surface area contributed by atoms with Gasteiger partial charge in [0.25, 0.3) is 5.78 Å². The molecule has 0 spiro atoms. The molecule has 3 heterocycles. The first-order valence-corrected chi connectivity index (χ1v) is 6.74. The Labute approximate surface area is 126 Å². The molecule has 0 atom stereocenters. The third-order valence-electron chi connectivity index (χ3n) is 3.15. The quantitative estimate of drug-likeness (QED) is 0.580. The molecule has 0 radical (unpaired) electrons. The highest BCUT2D eigenvalue weighted by atomic mass is 16.5. The molecule has 0 aliphatic rings. The second-order valence-corrected chi connectivity index (χ2v) is 4.61. The molecule has 6 nitrogen and oxygen atoms in total. The summed E-state index contributed by atoms with van der Waals surface area (Å²) in [5.41, 5.74) is 1.77. The van der Waals surface area contributed by atoms with Gasteiger partial charge in [-0.15, -0.1) is 0 Å². The highest BCUT2D eigenvalue weighted by Gasteiger charge is 2.11. The van der Waals surface area contributed by atoms with Gasteiger partial charge in [0.05, 0.1) is 11.9 Å². The Kier molecular flexibility index (Phi) is 2.97. The topological polar surface area (TPSA) is 65.2 Å². The second kappa shape index (κ2) is 5.25. The lowest BCUT2D eigenvalue weighted by Gasteiger charge is -2.08. The fourth-order valence-electron chi connectivity index (χ4n) is 2.14. The fourth-order valence-corrected chi connectivity index (χ4v) is 2.14. The molecule has 0 amide bonds. The van der Waals surface area contributed by atoms with Crippen molar-refractivity contribution in [3.63, 3.8) is 0 Å². The summed E-state index contributed by atoms with van der Waals surface area (Å²) >= 11 is 0. The average Bonchev–Trinajstić information content (AvgIpc) is 3.05. The summed E-state index contributed by atoms with van der Waals surface area (Å²) in [6.45, 7) is 0. The zero-order valence-corrected chi connectivity index (χ0v) is 11.5. The summed E-state index contributed by atoms with van der Waals surface area (Å²) in [7, 11) is 0. The van der Waals surface area contributed by atoms with E-state index in [1.165, 1.54) is 6.33 Å². The first-order valence-electron chi connectivity index (χ1n) is 6.74. The summed E-state index contributed by atoms with van der Waals surface area (Å²) in [5, 5.41) is 4.15. The average molecular weight is 289 g/mol. The van der Waals surface area contributed by atoms with Crippen molar-refractivity contribution >= 4 is 5.78 Å². The van der Waals surface area contributed by atoms with E-state index < -0.39 is 0 Å². The largest absolute Gasteiger partial charge is 0.437 e. The van der Waals surface area contributed by atoms with Crippen LogP contribution in [0.15, 0.2) is 67.3 Å². The predicted molar refractivity (Wildman–Crippen MR) is 80.5 cm³/mol. The number of benzene rings is 1. The van der Waals surface area contributed by atoms with Crippen molar-refractivity contribution in [2.45, 2.75) is 0 Å². The Morgan fingerprint density at radius 1 is 1.00 bits per heavy atom. The third kappa shape index (κ3) is 2.26. The normalized spacial score (nSPS) is 10.7. The molecule has 0 fully saturated rings. The van der Waals surface area contributed by atoms with E-state index in [2.05, 4.69) is 20.1 Å². The molecule has 0 saturated carbocycles. The van der Waals surface area contributed by atoms with Crippen molar-refractivity contribution in [2.75, 3.05) is 0 Å². The van der Waals surface area contributed by atoms with Crippen molar-refractivity contribution in [3.05, 3.63) is 67.3 Å². The van der Waals surface area contributed by atoms with Gasteiger partial charge < -0.3 is 4.74 Å². The van der Waals surface area contributed by atoms with Gasteiger partial charge in [-0.1, -0.05) is 30.3 Å². The summed E-state index contributed by atoms with van der Waals surface area (Å²) in [6, 6.07) is 15.4. The van der Waals surface area contributed by atoms with Gasteiger partial charge in [-0.2, -0.15) is 14.6 Å². The van der Waals surface area contributed by atoms with Crippen LogP contribution in [0.5, 0.6) is 11.6 Å². The lowest BCUT2D eigenvalue weighted by molar-refractivity contribution is 0.444. The number of aromatic nitrogens is 5. The van der Waals surface area contributed by atoms with Gasteiger partial charge in [0.1, 0.15) is 12.1 Å². The van der Waals surface area contributed by atoms with Crippen LogP contribution in [0.1, 0.15) is 0 Å². The van der Waals surface area contributed by atoms with Gasteiger partial charge >= 0.3 is 0 Å². The minimum atomic E-state index is 0.486. The zero-order chi connectivity index (χ0) is 14.8. The van der Waals surface area contributed by atoms with E-state index in [4.69, 9.17) is 4.74 Å². The van der Waals surface area contributed by atoms with Crippen molar-refractivity contribution in [1.29, 1.82) is 0 Å². The van der Waals surface area contributed by atoms with Crippen LogP contribution in [0, 0.1) is 0 Å². The molecule has 3 aromatic heterocycles. The van der Waals surface area contributed by atoms with Crippen LogP contribution in [0.25, 0.3) is 17.0 Å². The van der Waals surface area contributed by atoms with Crippen LogP contribution in [0.2, 0.25) is 0 Å². The van der Waals surface area contributed by atoms with Crippen LogP contribution >= 0.6 is 0 Å². The zero-order valence-electron chi connectivity index (χ0n) is 11.5. The van der Waals surface area contributed by atoms with E-state index in [-0.39, 0.29) is 0 Å². The lowest BCUT2D eigenvalue weighted by atomic mass is 10.1. The molecule has 0 N–H and O–H groups in total. The Balaban J connectivity index is 1.84. The third-order valence-corrected chi connectivity index (χ3v) is 3.15. The van der Waals surface area contributed by atoms with Gasteiger partial charge in [-0.3, -0.25) is 4.98 Å². The molecule has 0 aliphatic heterocycles. The number of nitrogens with zero attached hydrogens (tertiary/aromatic N) is 5. The summed E-state index contributed by atoms with van der Waals surface area (Å²) in [5.74, 6) is 1.65. The number of hydrogen-bond donors (Lipinski definition) is 0. The maximum absolute atomic E-state index is 5.87. The predicted octanol–water partition coefficient (Wildman–Crippen LogP) is 2.98. The van der Waals surface area contributed by atoms with Crippen molar-refractivity contribution in [2.24, 2.45) is 0 Å². The van der Waals surface area contributed by atoms with E-state index in [9.17, 15) is 0 Å². The maximum atomic E-state index is 5.87. The van der Waals surface area contributed by atoms with Gasteiger partial charge in [-0.25, -0.2) is 4.98 Å². The molecule has 0 aliphatic carbocycles. The number of hydrogen-bond acceptors (Lipinski definition) is 5. The first kappa shape index (κ1) is 12.5. The van der Waals surface area contributed by atoms with E-state index >= 15 is 0 Å². The number of rotatable bonds is 3. The molecule has 1 aromatic carbocycles. The molecule has 0 unspecified atom stereocenters. The monoisotopic (exact) mass is 289 g/mol. The molecule has 0 bridgehead atoms. The SMILES string of the molecule is c1ccc(-c2cc(Oc3cccnc3)n3ncnc3n2)cc1. The van der Waals surface area contributed by atoms with Crippen LogP contribution in [0.3, 0.4) is 0 Å². The minimum absolute atomic E-state index is 0.486. The van der Waals surface area contributed by atoms with Gasteiger partial charge in [-0.05, 0) is 12.1 Å². The molecular weight excluding hydrogens is 278 g/mol. The Morgan fingerprint density at radius 3 is 2.73 bits per heavy atom. The molecule has 4 aromatic rings. The first-order chi connectivity index (χ1) is 10.9. The number of fused-ring (bicyclic) bond motifs is 1. The standard InChI is InChI=1S/C16H11N5O/c1-2-5-12(6-3-1)14-9-15(21-16(20-14)18-11-19-21)22-13-7-4-8-17-10-13/h1-11H. The number of ether oxygens (including phenoxy) is 1. The molecule has 6 heteroatoms. The van der Waals surface area contributed by atoms with Crippen molar-refractivity contribution in [3.8, 4) is 22.9 Å². The van der Waals surface area contributed by atoms with Crippen LogP contribution in [0.4, 0.5) is 0 Å². The smallest absolute Gasteiger partial charge is 0.255 e. The van der Waals surface area contributed by atoms with E-state index in [1.54, 1.807) is 16.9 Å². The number of pyridine rings is 1. The fraction of sp³-hybridized carbons (Fsp3) is 0. The van der Waals surface area contributed by atoms with E-state index in [1.807, 2.05) is 48.5 Å². The van der Waals surface area contributed by atoms with Gasteiger partial charge in [0.15, 0.2) is 0 Å². The van der Waals surface area contributed by atoms with E-state index in [0.717, 1.165) is 11.3 Å². The molecule has 106 valence electrons. The highest BCUT2D eigenvalue weighted by Crippen LogP contribution is 2.25. The molecule has 22 heavy (non-hydrogen) atoms. The second-order valence-electron chi connectivity index (χ2n) is 4.61. The van der Waals surface area contributed by atoms with Crippen molar-refractivity contribution < 1.29 is 4.74 Å². The van der Waals surface area contributed by atoms with E-state index in [0.29, 0.717) is 17.4 Å². The summed E-state index contributed by atoms with van der Waals surface area (Å²) in [4.78, 5) is 12.7. The summed E-state index contributed by atoms with van der Waals surface area (Å²) in [6.07, 6.45) is 4.79. The maximum Gasteiger partial charge on any atom is 0.255 e. The molecular formula is C16H11N5O. The van der Waals surface area contributed by atoms with Crippen molar-refractivity contribution in [1.82, 2.24) is 24.6 Å². The van der Waals surface area contributed by atoms with Crippen LogP contribution < -0.4 is 4.74 Å². The highest BCUT2D eigenvalue weighted by molar-refractivity contribution is 5.62. The Morgan fingerprint density at radius 2 is 1.91 bits per heavy atom. The van der Waals surface area contributed by atoms with Crippen LogP contribution in [-0.4, -0.2) is 24.6 Å². The minimum Gasteiger partial charge on any atom is -0.437 e. The van der Waals surface area contributed by atoms with Gasteiger partial charge in [0, 0.05) is 17.8 Å². The summed E-state index contributed by atoms with van der Waals surface area (Å²) < 4.78 is 7.43. The Hall–Kier alpha value is -3.28. The Bertz CT molecular complexity index is 906. The molecule has 4 rings (SSSR count). The van der Waals surface area contributed by atoms with Crippen LogP contribution in [-0.2, 0) is 0 Å².